The smallest absolute Gasteiger partial charge is 0.236 e. The summed E-state index contributed by atoms with van der Waals surface area (Å²) in [6.45, 7) is 4.14. The van der Waals surface area contributed by atoms with Gasteiger partial charge in [0, 0.05) is 11.9 Å². The standard InChI is InChI=1S/C11H18N2OS/c1-3-6-12-8-11(14)13(2)9-10-5-4-7-15-10/h4-5,7,12H,3,6,8-9H2,1-2H3. The van der Waals surface area contributed by atoms with Crippen molar-refractivity contribution in [3.05, 3.63) is 22.4 Å². The fourth-order valence-corrected chi connectivity index (χ4v) is 1.99. The van der Waals surface area contributed by atoms with Gasteiger partial charge < -0.3 is 10.2 Å². The number of carbonyl (C=O) groups excluding carboxylic acids is 1. The highest BCUT2D eigenvalue weighted by molar-refractivity contribution is 7.09. The van der Waals surface area contributed by atoms with E-state index in [1.807, 2.05) is 24.6 Å². The number of rotatable bonds is 6. The number of nitrogens with zero attached hydrogens (tertiary/aromatic N) is 1. The normalized spacial score (nSPS) is 10.3. The average Bonchev–Trinajstić information content (AvgIpc) is 2.70. The molecule has 0 atom stereocenters. The van der Waals surface area contributed by atoms with Gasteiger partial charge in [0.2, 0.25) is 5.91 Å². The Hall–Kier alpha value is -0.870. The fourth-order valence-electron chi connectivity index (χ4n) is 1.23. The molecule has 84 valence electrons. The third-order valence-corrected chi connectivity index (χ3v) is 2.96. The number of nitrogens with one attached hydrogen (secondary N) is 1. The number of hydrogen-bond donors (Lipinski definition) is 1. The maximum absolute atomic E-state index is 11.6. The van der Waals surface area contributed by atoms with E-state index in [0.717, 1.165) is 13.0 Å². The van der Waals surface area contributed by atoms with Crippen LogP contribution < -0.4 is 5.32 Å². The predicted molar refractivity (Wildman–Crippen MR) is 64.0 cm³/mol. The second kappa shape index (κ2) is 6.58. The van der Waals surface area contributed by atoms with Crippen LogP contribution in [0.25, 0.3) is 0 Å². The monoisotopic (exact) mass is 226 g/mol. The largest absolute Gasteiger partial charge is 0.340 e. The zero-order valence-corrected chi connectivity index (χ0v) is 10.1. The summed E-state index contributed by atoms with van der Waals surface area (Å²) in [5, 5.41) is 5.14. The molecule has 1 N–H and O–H groups in total. The third kappa shape index (κ3) is 4.44. The van der Waals surface area contributed by atoms with E-state index >= 15 is 0 Å². The van der Waals surface area contributed by atoms with E-state index in [0.29, 0.717) is 13.1 Å². The SMILES string of the molecule is CCCNCC(=O)N(C)Cc1cccs1. The highest BCUT2D eigenvalue weighted by atomic mass is 32.1. The van der Waals surface area contributed by atoms with Crippen LogP contribution in [0.4, 0.5) is 0 Å². The topological polar surface area (TPSA) is 32.3 Å². The van der Waals surface area contributed by atoms with Crippen molar-refractivity contribution in [1.82, 2.24) is 10.2 Å². The van der Waals surface area contributed by atoms with Gasteiger partial charge >= 0.3 is 0 Å². The van der Waals surface area contributed by atoms with Crippen LogP contribution in [0, 0.1) is 0 Å². The zero-order chi connectivity index (χ0) is 11.1. The Morgan fingerprint density at radius 1 is 1.60 bits per heavy atom. The summed E-state index contributed by atoms with van der Waals surface area (Å²) in [4.78, 5) is 14.6. The van der Waals surface area contributed by atoms with Gasteiger partial charge in [-0.15, -0.1) is 11.3 Å². The molecular formula is C11H18N2OS. The number of carbonyl (C=O) groups is 1. The molecule has 0 fully saturated rings. The van der Waals surface area contributed by atoms with Crippen LogP contribution in [0.3, 0.4) is 0 Å². The van der Waals surface area contributed by atoms with Crippen LogP contribution in [0.5, 0.6) is 0 Å². The van der Waals surface area contributed by atoms with Gasteiger partial charge in [-0.2, -0.15) is 0 Å². The van der Waals surface area contributed by atoms with Gasteiger partial charge in [0.25, 0.3) is 0 Å². The van der Waals surface area contributed by atoms with Crippen molar-refractivity contribution in [2.75, 3.05) is 20.1 Å². The van der Waals surface area contributed by atoms with E-state index in [-0.39, 0.29) is 5.91 Å². The molecule has 15 heavy (non-hydrogen) atoms. The molecule has 0 radical (unpaired) electrons. The lowest BCUT2D eigenvalue weighted by Crippen LogP contribution is -2.35. The first-order valence-corrected chi connectivity index (χ1v) is 6.09. The summed E-state index contributed by atoms with van der Waals surface area (Å²) in [6, 6.07) is 4.06. The fraction of sp³-hybridized carbons (Fsp3) is 0.545. The first kappa shape index (κ1) is 12.2. The number of thiophene rings is 1. The van der Waals surface area contributed by atoms with Crippen LogP contribution in [-0.2, 0) is 11.3 Å². The molecule has 0 saturated heterocycles. The molecule has 0 unspecified atom stereocenters. The minimum absolute atomic E-state index is 0.150. The van der Waals surface area contributed by atoms with Crippen LogP contribution in [0.2, 0.25) is 0 Å². The van der Waals surface area contributed by atoms with Gasteiger partial charge in [-0.25, -0.2) is 0 Å². The van der Waals surface area contributed by atoms with Crippen LogP contribution in [-0.4, -0.2) is 30.9 Å². The lowest BCUT2D eigenvalue weighted by atomic mass is 10.4. The van der Waals surface area contributed by atoms with Gasteiger partial charge in [-0.05, 0) is 24.4 Å². The molecule has 0 bridgehead atoms. The van der Waals surface area contributed by atoms with Gasteiger partial charge in [-0.1, -0.05) is 13.0 Å². The highest BCUT2D eigenvalue weighted by Gasteiger charge is 2.08. The van der Waals surface area contributed by atoms with Crippen LogP contribution in [0.1, 0.15) is 18.2 Å². The van der Waals surface area contributed by atoms with E-state index in [1.165, 1.54) is 4.88 Å². The molecule has 1 aromatic rings. The number of hydrogen-bond acceptors (Lipinski definition) is 3. The minimum atomic E-state index is 0.150. The highest BCUT2D eigenvalue weighted by Crippen LogP contribution is 2.10. The molecule has 0 aliphatic rings. The van der Waals surface area contributed by atoms with Crippen molar-refractivity contribution in [1.29, 1.82) is 0 Å². The summed E-state index contributed by atoms with van der Waals surface area (Å²) in [5.74, 6) is 0.150. The molecule has 0 spiro atoms. The Kier molecular flexibility index (Phi) is 5.36. The van der Waals surface area contributed by atoms with Crippen molar-refractivity contribution in [3.63, 3.8) is 0 Å². The maximum atomic E-state index is 11.6. The maximum Gasteiger partial charge on any atom is 0.236 e. The quantitative estimate of drug-likeness (QED) is 0.749. The molecule has 1 heterocycles. The predicted octanol–water partition coefficient (Wildman–Crippen LogP) is 1.71. The van der Waals surface area contributed by atoms with Gasteiger partial charge in [0.05, 0.1) is 13.1 Å². The van der Waals surface area contributed by atoms with Crippen molar-refractivity contribution in [3.8, 4) is 0 Å². The molecule has 0 aliphatic heterocycles. The number of likely N-dealkylation sites (N-methyl/N-ethyl adjacent to an activating group) is 1. The Morgan fingerprint density at radius 2 is 2.40 bits per heavy atom. The average molecular weight is 226 g/mol. The van der Waals surface area contributed by atoms with Crippen molar-refractivity contribution < 1.29 is 4.79 Å². The first-order valence-electron chi connectivity index (χ1n) is 5.21. The Morgan fingerprint density at radius 3 is 3.00 bits per heavy atom. The molecule has 0 aromatic carbocycles. The summed E-state index contributed by atoms with van der Waals surface area (Å²) in [7, 11) is 1.84. The lowest BCUT2D eigenvalue weighted by Gasteiger charge is -2.16. The lowest BCUT2D eigenvalue weighted by molar-refractivity contribution is -0.129. The third-order valence-electron chi connectivity index (χ3n) is 2.10. The van der Waals surface area contributed by atoms with E-state index in [4.69, 9.17) is 0 Å². The summed E-state index contributed by atoms with van der Waals surface area (Å²) in [6.07, 6.45) is 1.06. The molecule has 3 nitrogen and oxygen atoms in total. The van der Waals surface area contributed by atoms with E-state index in [9.17, 15) is 4.79 Å². The minimum Gasteiger partial charge on any atom is -0.340 e. The second-order valence-corrected chi connectivity index (χ2v) is 4.54. The Labute approximate surface area is 95.1 Å². The molecule has 1 aromatic heterocycles. The van der Waals surface area contributed by atoms with Gasteiger partial charge in [0.15, 0.2) is 0 Å². The Bertz CT molecular complexity index is 285. The molecular weight excluding hydrogens is 208 g/mol. The number of amides is 1. The van der Waals surface area contributed by atoms with Crippen LogP contribution in [0.15, 0.2) is 17.5 Å². The van der Waals surface area contributed by atoms with Crippen LogP contribution >= 0.6 is 11.3 Å². The van der Waals surface area contributed by atoms with Gasteiger partial charge in [0.1, 0.15) is 0 Å². The summed E-state index contributed by atoms with van der Waals surface area (Å²) >= 11 is 1.68. The van der Waals surface area contributed by atoms with Crippen molar-refractivity contribution in [2.45, 2.75) is 19.9 Å². The summed E-state index contributed by atoms with van der Waals surface area (Å²) in [5.41, 5.74) is 0. The second-order valence-electron chi connectivity index (χ2n) is 3.51. The van der Waals surface area contributed by atoms with Gasteiger partial charge in [-0.3, -0.25) is 4.79 Å². The van der Waals surface area contributed by atoms with E-state index < -0.39 is 0 Å². The molecule has 1 amide bonds. The van der Waals surface area contributed by atoms with Crippen molar-refractivity contribution in [2.24, 2.45) is 0 Å². The first-order chi connectivity index (χ1) is 7.24. The summed E-state index contributed by atoms with van der Waals surface area (Å²) < 4.78 is 0. The molecule has 0 aliphatic carbocycles. The molecule has 4 heteroatoms. The zero-order valence-electron chi connectivity index (χ0n) is 9.32. The van der Waals surface area contributed by atoms with E-state index in [2.05, 4.69) is 12.2 Å². The van der Waals surface area contributed by atoms with E-state index in [1.54, 1.807) is 16.2 Å². The molecule has 0 saturated carbocycles. The van der Waals surface area contributed by atoms with Crippen molar-refractivity contribution >= 4 is 17.2 Å². The molecule has 1 rings (SSSR count). The Balaban J connectivity index is 2.27.